The van der Waals surface area contributed by atoms with Crippen molar-refractivity contribution >= 4 is 24.0 Å². The lowest BCUT2D eigenvalue weighted by Crippen LogP contribution is -2.16. The van der Waals surface area contributed by atoms with Gasteiger partial charge in [-0.25, -0.2) is 0 Å². The number of amides is 1. The van der Waals surface area contributed by atoms with Crippen LogP contribution in [0.1, 0.15) is 24.0 Å². The van der Waals surface area contributed by atoms with Gasteiger partial charge in [0.25, 0.3) is 0 Å². The summed E-state index contributed by atoms with van der Waals surface area (Å²) in [5.41, 5.74) is 9.01. The summed E-state index contributed by atoms with van der Waals surface area (Å²) < 4.78 is 0. The SMILES string of the molecule is Cl.NCCC(=O)Nc1ccc2c(c1)CCC2. The minimum absolute atomic E-state index is 0. The van der Waals surface area contributed by atoms with Crippen molar-refractivity contribution in [2.75, 3.05) is 11.9 Å². The minimum Gasteiger partial charge on any atom is -0.330 e. The van der Waals surface area contributed by atoms with Crippen molar-refractivity contribution in [2.45, 2.75) is 25.7 Å². The van der Waals surface area contributed by atoms with E-state index in [1.54, 1.807) is 0 Å². The molecule has 0 unspecified atom stereocenters. The van der Waals surface area contributed by atoms with Gasteiger partial charge in [0.2, 0.25) is 5.91 Å². The number of carbonyl (C=O) groups excluding carboxylic acids is 1. The number of fused-ring (bicyclic) bond motifs is 1. The summed E-state index contributed by atoms with van der Waals surface area (Å²) in [6.45, 7) is 0.400. The van der Waals surface area contributed by atoms with Crippen LogP contribution in [0, 0.1) is 0 Å². The van der Waals surface area contributed by atoms with E-state index in [-0.39, 0.29) is 18.3 Å². The van der Waals surface area contributed by atoms with E-state index in [1.807, 2.05) is 6.07 Å². The van der Waals surface area contributed by atoms with E-state index in [4.69, 9.17) is 5.73 Å². The van der Waals surface area contributed by atoms with Crippen LogP contribution in [0.4, 0.5) is 5.69 Å². The van der Waals surface area contributed by atoms with Gasteiger partial charge in [-0.1, -0.05) is 6.07 Å². The molecule has 0 saturated carbocycles. The molecule has 3 N–H and O–H groups in total. The van der Waals surface area contributed by atoms with Gasteiger partial charge in [0.15, 0.2) is 0 Å². The first kappa shape index (κ1) is 13.0. The molecule has 4 heteroatoms. The van der Waals surface area contributed by atoms with Gasteiger partial charge in [0, 0.05) is 18.7 Å². The van der Waals surface area contributed by atoms with E-state index in [1.165, 1.54) is 24.0 Å². The third kappa shape index (κ3) is 2.97. The highest BCUT2D eigenvalue weighted by Gasteiger charge is 2.11. The summed E-state index contributed by atoms with van der Waals surface area (Å²) in [4.78, 5) is 11.3. The number of hydrogen-bond acceptors (Lipinski definition) is 2. The fraction of sp³-hybridized carbons (Fsp3) is 0.417. The zero-order valence-electron chi connectivity index (χ0n) is 9.16. The standard InChI is InChI=1S/C12H16N2O.ClH/c13-7-6-12(15)14-11-5-4-9-2-1-3-10(9)8-11;/h4-5,8H,1-3,6-7,13H2,(H,14,15);1H. The molecule has 0 saturated heterocycles. The molecule has 0 heterocycles. The van der Waals surface area contributed by atoms with Crippen LogP contribution in [0.2, 0.25) is 0 Å². The molecule has 1 amide bonds. The van der Waals surface area contributed by atoms with Crippen LogP contribution >= 0.6 is 12.4 Å². The normalized spacial score (nSPS) is 12.8. The molecule has 2 rings (SSSR count). The van der Waals surface area contributed by atoms with E-state index in [9.17, 15) is 4.79 Å². The van der Waals surface area contributed by atoms with Crippen molar-refractivity contribution in [3.05, 3.63) is 29.3 Å². The third-order valence-corrected chi connectivity index (χ3v) is 2.75. The van der Waals surface area contributed by atoms with E-state index < -0.39 is 0 Å². The number of carbonyl (C=O) groups is 1. The van der Waals surface area contributed by atoms with Crippen molar-refractivity contribution in [2.24, 2.45) is 5.73 Å². The lowest BCUT2D eigenvalue weighted by molar-refractivity contribution is -0.116. The maximum absolute atomic E-state index is 11.3. The van der Waals surface area contributed by atoms with Crippen LogP contribution in [0.25, 0.3) is 0 Å². The predicted octanol–water partition coefficient (Wildman–Crippen LogP) is 1.88. The van der Waals surface area contributed by atoms with Crippen LogP contribution in [-0.4, -0.2) is 12.5 Å². The van der Waals surface area contributed by atoms with Crippen molar-refractivity contribution in [3.8, 4) is 0 Å². The fourth-order valence-corrected chi connectivity index (χ4v) is 2.00. The Bertz CT molecular complexity index is 379. The summed E-state index contributed by atoms with van der Waals surface area (Å²) >= 11 is 0. The second-order valence-corrected chi connectivity index (χ2v) is 3.92. The second kappa shape index (κ2) is 5.87. The highest BCUT2D eigenvalue weighted by atomic mass is 35.5. The monoisotopic (exact) mass is 240 g/mol. The van der Waals surface area contributed by atoms with Gasteiger partial charge in [-0.05, 0) is 42.5 Å². The van der Waals surface area contributed by atoms with Crippen LogP contribution in [0.15, 0.2) is 18.2 Å². The van der Waals surface area contributed by atoms with Gasteiger partial charge in [0.1, 0.15) is 0 Å². The number of benzene rings is 1. The van der Waals surface area contributed by atoms with Gasteiger partial charge >= 0.3 is 0 Å². The second-order valence-electron chi connectivity index (χ2n) is 3.92. The van der Waals surface area contributed by atoms with E-state index >= 15 is 0 Å². The Morgan fingerprint density at radius 2 is 2.06 bits per heavy atom. The Balaban J connectivity index is 0.00000128. The predicted molar refractivity (Wildman–Crippen MR) is 68.0 cm³/mol. The maximum Gasteiger partial charge on any atom is 0.225 e. The maximum atomic E-state index is 11.3. The zero-order valence-corrected chi connectivity index (χ0v) is 9.98. The number of rotatable bonds is 3. The largest absolute Gasteiger partial charge is 0.330 e. The molecular formula is C12H17ClN2O. The quantitative estimate of drug-likeness (QED) is 0.848. The number of anilines is 1. The lowest BCUT2D eigenvalue weighted by atomic mass is 10.1. The molecule has 0 aromatic heterocycles. The van der Waals surface area contributed by atoms with Crippen LogP contribution in [0.5, 0.6) is 0 Å². The van der Waals surface area contributed by atoms with E-state index in [0.717, 1.165) is 12.1 Å². The number of nitrogens with one attached hydrogen (secondary N) is 1. The van der Waals surface area contributed by atoms with Gasteiger partial charge in [-0.15, -0.1) is 12.4 Å². The average molecular weight is 241 g/mol. The van der Waals surface area contributed by atoms with Crippen molar-refractivity contribution in [1.29, 1.82) is 0 Å². The van der Waals surface area contributed by atoms with Gasteiger partial charge in [-0.2, -0.15) is 0 Å². The molecule has 0 atom stereocenters. The first-order chi connectivity index (χ1) is 7.29. The molecule has 16 heavy (non-hydrogen) atoms. The molecule has 88 valence electrons. The summed E-state index contributed by atoms with van der Waals surface area (Å²) in [6, 6.07) is 6.16. The highest BCUT2D eigenvalue weighted by Crippen LogP contribution is 2.24. The Kier molecular flexibility index (Phi) is 4.77. The van der Waals surface area contributed by atoms with Crippen molar-refractivity contribution < 1.29 is 4.79 Å². The number of hydrogen-bond donors (Lipinski definition) is 2. The summed E-state index contributed by atoms with van der Waals surface area (Å²) in [5.74, 6) is -0.00422. The average Bonchev–Trinajstić information content (AvgIpc) is 2.65. The van der Waals surface area contributed by atoms with E-state index in [2.05, 4.69) is 17.4 Å². The number of aryl methyl sites for hydroxylation is 2. The Hall–Kier alpha value is -1.06. The molecule has 0 bridgehead atoms. The number of nitrogens with two attached hydrogens (primary N) is 1. The Morgan fingerprint density at radius 1 is 1.31 bits per heavy atom. The molecule has 1 aromatic carbocycles. The van der Waals surface area contributed by atoms with Gasteiger partial charge < -0.3 is 11.1 Å². The first-order valence-corrected chi connectivity index (χ1v) is 5.41. The van der Waals surface area contributed by atoms with Gasteiger partial charge in [-0.3, -0.25) is 4.79 Å². The minimum atomic E-state index is -0.00422. The summed E-state index contributed by atoms with van der Waals surface area (Å²) in [5, 5.41) is 2.85. The Morgan fingerprint density at radius 3 is 2.81 bits per heavy atom. The first-order valence-electron chi connectivity index (χ1n) is 5.41. The van der Waals surface area contributed by atoms with Crippen LogP contribution in [-0.2, 0) is 17.6 Å². The fourth-order valence-electron chi connectivity index (χ4n) is 2.00. The smallest absolute Gasteiger partial charge is 0.225 e. The van der Waals surface area contributed by atoms with Crippen molar-refractivity contribution in [1.82, 2.24) is 0 Å². The van der Waals surface area contributed by atoms with Crippen LogP contribution in [0.3, 0.4) is 0 Å². The molecule has 0 radical (unpaired) electrons. The summed E-state index contributed by atoms with van der Waals surface area (Å²) in [7, 11) is 0. The topological polar surface area (TPSA) is 55.1 Å². The zero-order chi connectivity index (χ0) is 10.7. The Labute approximate surface area is 102 Å². The molecule has 3 nitrogen and oxygen atoms in total. The molecule has 1 aliphatic carbocycles. The molecule has 1 aliphatic rings. The van der Waals surface area contributed by atoms with Crippen molar-refractivity contribution in [3.63, 3.8) is 0 Å². The molecule has 0 aliphatic heterocycles. The van der Waals surface area contributed by atoms with E-state index in [0.29, 0.717) is 13.0 Å². The van der Waals surface area contributed by atoms with Gasteiger partial charge in [0.05, 0.1) is 0 Å². The third-order valence-electron chi connectivity index (χ3n) is 2.75. The summed E-state index contributed by atoms with van der Waals surface area (Å²) in [6.07, 6.45) is 3.93. The molecule has 0 spiro atoms. The molecule has 1 aromatic rings. The number of halogens is 1. The molecule has 0 fully saturated rings. The lowest BCUT2D eigenvalue weighted by Gasteiger charge is -2.06. The highest BCUT2D eigenvalue weighted by molar-refractivity contribution is 5.90. The van der Waals surface area contributed by atoms with Crippen LogP contribution < -0.4 is 11.1 Å². The molecular weight excluding hydrogens is 224 g/mol.